The predicted octanol–water partition coefficient (Wildman–Crippen LogP) is 2.93. The summed E-state index contributed by atoms with van der Waals surface area (Å²) in [4.78, 5) is 14.4. The largest absolute Gasteiger partial charge is 0.496 e. The van der Waals surface area contributed by atoms with Gasteiger partial charge in [0.05, 0.1) is 24.5 Å². The lowest BCUT2D eigenvalue weighted by molar-refractivity contribution is -0.130. The van der Waals surface area contributed by atoms with Crippen LogP contribution in [0.1, 0.15) is 28.4 Å². The number of benzene rings is 2. The molecule has 0 aromatic heterocycles. The van der Waals surface area contributed by atoms with Gasteiger partial charge in [-0.05, 0) is 36.1 Å². The molecule has 0 aliphatic carbocycles. The minimum Gasteiger partial charge on any atom is -0.496 e. The van der Waals surface area contributed by atoms with Crippen molar-refractivity contribution < 1.29 is 17.9 Å². The van der Waals surface area contributed by atoms with Crippen molar-refractivity contribution >= 4 is 15.7 Å². The summed E-state index contributed by atoms with van der Waals surface area (Å²) in [5.41, 5.74) is 2.69. The molecule has 0 saturated carbocycles. The Hall–Kier alpha value is -2.34. The van der Waals surface area contributed by atoms with E-state index in [4.69, 9.17) is 4.74 Å². The highest BCUT2D eigenvalue weighted by molar-refractivity contribution is 7.91. The van der Waals surface area contributed by atoms with Crippen molar-refractivity contribution in [2.45, 2.75) is 25.0 Å². The quantitative estimate of drug-likeness (QED) is 0.809. The lowest BCUT2D eigenvalue weighted by atomic mass is 10.1. The van der Waals surface area contributed by atoms with E-state index in [2.05, 4.69) is 0 Å². The fourth-order valence-electron chi connectivity index (χ4n) is 3.57. The molecule has 144 valence electrons. The lowest BCUT2D eigenvalue weighted by Crippen LogP contribution is -2.34. The molecule has 1 fully saturated rings. The van der Waals surface area contributed by atoms with E-state index in [9.17, 15) is 13.2 Å². The highest BCUT2D eigenvalue weighted by atomic mass is 32.2. The Morgan fingerprint density at radius 1 is 1.15 bits per heavy atom. The van der Waals surface area contributed by atoms with E-state index in [0.29, 0.717) is 13.0 Å². The van der Waals surface area contributed by atoms with Crippen LogP contribution < -0.4 is 4.74 Å². The zero-order valence-electron chi connectivity index (χ0n) is 15.7. The second-order valence-electron chi connectivity index (χ2n) is 6.92. The van der Waals surface area contributed by atoms with Crippen LogP contribution >= 0.6 is 0 Å². The van der Waals surface area contributed by atoms with Gasteiger partial charge in [-0.15, -0.1) is 0 Å². The smallest absolute Gasteiger partial charge is 0.227 e. The second kappa shape index (κ2) is 8.13. The van der Waals surface area contributed by atoms with Crippen LogP contribution in [0.2, 0.25) is 0 Å². The molecule has 0 radical (unpaired) electrons. The van der Waals surface area contributed by atoms with Crippen LogP contribution in [0.4, 0.5) is 0 Å². The first-order valence-corrected chi connectivity index (χ1v) is 10.8. The summed E-state index contributed by atoms with van der Waals surface area (Å²) in [7, 11) is -1.66. The van der Waals surface area contributed by atoms with E-state index in [1.165, 1.54) is 0 Å². The maximum absolute atomic E-state index is 12.7. The van der Waals surface area contributed by atoms with Crippen molar-refractivity contribution in [2.24, 2.45) is 0 Å². The number of aryl methyl sites for hydroxylation is 1. The third-order valence-corrected chi connectivity index (χ3v) is 7.21. The van der Waals surface area contributed by atoms with Gasteiger partial charge in [0.2, 0.25) is 5.91 Å². The third kappa shape index (κ3) is 4.50. The van der Waals surface area contributed by atoms with Gasteiger partial charge in [-0.1, -0.05) is 42.5 Å². The number of nitrogens with zero attached hydrogens (tertiary/aromatic N) is 1. The first kappa shape index (κ1) is 19.4. The summed E-state index contributed by atoms with van der Waals surface area (Å²) in [5.74, 6) is 0.751. The van der Waals surface area contributed by atoms with Crippen LogP contribution in [-0.4, -0.2) is 45.2 Å². The Labute approximate surface area is 160 Å². The molecule has 5 nitrogen and oxygen atoms in total. The maximum Gasteiger partial charge on any atom is 0.227 e. The molecule has 1 amide bonds. The fourth-order valence-corrected chi connectivity index (χ4v) is 5.37. The van der Waals surface area contributed by atoms with E-state index >= 15 is 0 Å². The molecular weight excluding hydrogens is 362 g/mol. The molecule has 2 aromatic carbocycles. The fraction of sp³-hybridized carbons (Fsp3) is 0.381. The summed E-state index contributed by atoms with van der Waals surface area (Å²) < 4.78 is 30.6. The molecule has 0 spiro atoms. The van der Waals surface area contributed by atoms with Crippen molar-refractivity contribution in [3.63, 3.8) is 0 Å². The maximum atomic E-state index is 12.7. The SMILES string of the molecule is COc1ccc(CC(=O)N2CC[C@@H](c3ccccc3)S(=O)(=O)CC2)cc1C. The Morgan fingerprint density at radius 3 is 2.56 bits per heavy atom. The zero-order valence-corrected chi connectivity index (χ0v) is 16.5. The normalized spacial score (nSPS) is 19.3. The van der Waals surface area contributed by atoms with E-state index in [1.54, 1.807) is 12.0 Å². The summed E-state index contributed by atoms with van der Waals surface area (Å²) >= 11 is 0. The minimum absolute atomic E-state index is 0.0000583. The molecule has 1 heterocycles. The molecular formula is C21H25NO4S. The number of sulfone groups is 1. The van der Waals surface area contributed by atoms with E-state index in [1.807, 2.05) is 55.5 Å². The number of carbonyl (C=O) groups excluding carboxylic acids is 1. The van der Waals surface area contributed by atoms with Gasteiger partial charge < -0.3 is 9.64 Å². The van der Waals surface area contributed by atoms with Crippen molar-refractivity contribution in [1.29, 1.82) is 0 Å². The van der Waals surface area contributed by atoms with Gasteiger partial charge in [0, 0.05) is 13.1 Å². The zero-order chi connectivity index (χ0) is 19.4. The molecule has 0 N–H and O–H groups in total. The Balaban J connectivity index is 1.71. The van der Waals surface area contributed by atoms with E-state index < -0.39 is 15.1 Å². The average molecular weight is 388 g/mol. The number of methoxy groups -OCH3 is 1. The van der Waals surface area contributed by atoms with Crippen LogP contribution in [-0.2, 0) is 21.1 Å². The van der Waals surface area contributed by atoms with Crippen LogP contribution in [0.3, 0.4) is 0 Å². The molecule has 2 aromatic rings. The molecule has 27 heavy (non-hydrogen) atoms. The average Bonchev–Trinajstić information content (AvgIpc) is 2.80. The lowest BCUT2D eigenvalue weighted by Gasteiger charge is -2.20. The molecule has 1 aliphatic heterocycles. The summed E-state index contributed by atoms with van der Waals surface area (Å²) in [6.07, 6.45) is 0.695. The number of amides is 1. The predicted molar refractivity (Wildman–Crippen MR) is 106 cm³/mol. The Bertz CT molecular complexity index is 909. The highest BCUT2D eigenvalue weighted by Gasteiger charge is 2.32. The van der Waals surface area contributed by atoms with Crippen LogP contribution in [0.15, 0.2) is 48.5 Å². The van der Waals surface area contributed by atoms with Crippen LogP contribution in [0.5, 0.6) is 5.75 Å². The number of ether oxygens (including phenoxy) is 1. The highest BCUT2D eigenvalue weighted by Crippen LogP contribution is 2.29. The molecule has 0 bridgehead atoms. The van der Waals surface area contributed by atoms with Gasteiger partial charge in [-0.3, -0.25) is 4.79 Å². The van der Waals surface area contributed by atoms with Crippen molar-refractivity contribution in [1.82, 2.24) is 4.90 Å². The van der Waals surface area contributed by atoms with Crippen LogP contribution in [0, 0.1) is 6.92 Å². The Kier molecular flexibility index (Phi) is 5.85. The second-order valence-corrected chi connectivity index (χ2v) is 9.22. The topological polar surface area (TPSA) is 63.7 Å². The summed E-state index contributed by atoms with van der Waals surface area (Å²) in [6, 6.07) is 15.0. The molecule has 1 aliphatic rings. The first-order chi connectivity index (χ1) is 12.9. The van der Waals surface area contributed by atoms with Gasteiger partial charge in [0.1, 0.15) is 5.75 Å². The van der Waals surface area contributed by atoms with Gasteiger partial charge in [0.25, 0.3) is 0 Å². The van der Waals surface area contributed by atoms with E-state index in [-0.39, 0.29) is 24.6 Å². The number of rotatable bonds is 4. The van der Waals surface area contributed by atoms with Crippen molar-refractivity contribution in [2.75, 3.05) is 26.0 Å². The summed E-state index contributed by atoms with van der Waals surface area (Å²) in [5, 5.41) is -0.542. The third-order valence-electron chi connectivity index (χ3n) is 5.08. The molecule has 3 rings (SSSR count). The van der Waals surface area contributed by atoms with Crippen LogP contribution in [0.25, 0.3) is 0 Å². The standard InChI is InChI=1S/C21H25NO4S/c1-16-14-17(8-9-19(16)26-2)15-21(23)22-11-10-20(27(24,25)13-12-22)18-6-4-3-5-7-18/h3-9,14,20H,10-13,15H2,1-2H3/t20-/m0/s1. The molecule has 6 heteroatoms. The number of carbonyl (C=O) groups is 1. The van der Waals surface area contributed by atoms with Gasteiger partial charge in [-0.2, -0.15) is 0 Å². The van der Waals surface area contributed by atoms with Gasteiger partial charge in [-0.25, -0.2) is 8.42 Å². The van der Waals surface area contributed by atoms with Crippen molar-refractivity contribution in [3.8, 4) is 5.75 Å². The monoisotopic (exact) mass is 387 g/mol. The van der Waals surface area contributed by atoms with Crippen molar-refractivity contribution in [3.05, 3.63) is 65.2 Å². The van der Waals surface area contributed by atoms with Gasteiger partial charge in [0.15, 0.2) is 9.84 Å². The Morgan fingerprint density at radius 2 is 1.89 bits per heavy atom. The molecule has 1 atom stereocenters. The molecule has 1 saturated heterocycles. The van der Waals surface area contributed by atoms with Gasteiger partial charge >= 0.3 is 0 Å². The molecule has 0 unspecified atom stereocenters. The number of hydrogen-bond acceptors (Lipinski definition) is 4. The first-order valence-electron chi connectivity index (χ1n) is 9.08. The van der Waals surface area contributed by atoms with E-state index in [0.717, 1.165) is 22.4 Å². The minimum atomic E-state index is -3.28. The summed E-state index contributed by atoms with van der Waals surface area (Å²) in [6.45, 7) is 2.64. The number of hydrogen-bond donors (Lipinski definition) is 0.